The number of likely N-dealkylation sites (tertiary alicyclic amines) is 1. The van der Waals surface area contributed by atoms with E-state index >= 15 is 0 Å². The molecule has 1 aromatic heterocycles. The summed E-state index contributed by atoms with van der Waals surface area (Å²) >= 11 is 0. The Balaban J connectivity index is 1.48. The first-order valence-corrected chi connectivity index (χ1v) is 12.1. The lowest BCUT2D eigenvalue weighted by molar-refractivity contribution is -0.0498. The molecule has 3 heterocycles. The normalized spacial score (nSPS) is 20.2. The standard InChI is InChI=1S/C27H26F2N4O2/c1-3-21-25-30-20-12-9-16(7-8-17-14-32(15-17)18-10-11-18)13-22(20)33(25)24-19(26(34)31(21)2)5-4-6-23(24)35-27(28)29/h4-6,9,12-13,17-18,21,27H,3,10-11,14-15H2,1-2H3. The molecule has 1 saturated carbocycles. The van der Waals surface area contributed by atoms with Gasteiger partial charge in [0.1, 0.15) is 11.5 Å². The summed E-state index contributed by atoms with van der Waals surface area (Å²) in [5.74, 6) is 7.36. The van der Waals surface area contributed by atoms with Crippen LogP contribution in [-0.4, -0.2) is 58.0 Å². The van der Waals surface area contributed by atoms with Gasteiger partial charge in [0.15, 0.2) is 5.75 Å². The quantitative estimate of drug-likeness (QED) is 0.516. The van der Waals surface area contributed by atoms with Gasteiger partial charge in [-0.25, -0.2) is 4.98 Å². The molecule has 0 spiro atoms. The van der Waals surface area contributed by atoms with E-state index in [0.29, 0.717) is 40.4 Å². The van der Waals surface area contributed by atoms with E-state index in [9.17, 15) is 13.6 Å². The Morgan fingerprint density at radius 2 is 2.00 bits per heavy atom. The number of fused-ring (bicyclic) bond motifs is 5. The Labute approximate surface area is 202 Å². The fraction of sp³-hybridized carbons (Fsp3) is 0.407. The van der Waals surface area contributed by atoms with Gasteiger partial charge in [-0.15, -0.1) is 0 Å². The fourth-order valence-corrected chi connectivity index (χ4v) is 5.24. The first-order valence-electron chi connectivity index (χ1n) is 12.1. The van der Waals surface area contributed by atoms with Crippen LogP contribution >= 0.6 is 0 Å². The number of aromatic nitrogens is 2. The van der Waals surface area contributed by atoms with E-state index < -0.39 is 6.61 Å². The molecule has 0 bridgehead atoms. The summed E-state index contributed by atoms with van der Waals surface area (Å²) in [5, 5.41) is 0. The van der Waals surface area contributed by atoms with Gasteiger partial charge >= 0.3 is 6.61 Å². The molecular formula is C27H26F2N4O2. The largest absolute Gasteiger partial charge is 0.433 e. The highest BCUT2D eigenvalue weighted by Crippen LogP contribution is 2.40. The van der Waals surface area contributed by atoms with E-state index in [0.717, 1.165) is 24.7 Å². The summed E-state index contributed by atoms with van der Waals surface area (Å²) < 4.78 is 33.3. The van der Waals surface area contributed by atoms with E-state index in [1.54, 1.807) is 28.6 Å². The second-order valence-corrected chi connectivity index (χ2v) is 9.53. The van der Waals surface area contributed by atoms with Crippen LogP contribution < -0.4 is 4.74 Å². The lowest BCUT2D eigenvalue weighted by Crippen LogP contribution is -2.47. The summed E-state index contributed by atoms with van der Waals surface area (Å²) in [4.78, 5) is 22.3. The van der Waals surface area contributed by atoms with E-state index in [1.807, 2.05) is 25.1 Å². The van der Waals surface area contributed by atoms with Gasteiger partial charge in [-0.3, -0.25) is 14.3 Å². The van der Waals surface area contributed by atoms with Gasteiger partial charge in [0.2, 0.25) is 0 Å². The van der Waals surface area contributed by atoms with Crippen molar-refractivity contribution in [1.29, 1.82) is 0 Å². The minimum absolute atomic E-state index is 0.0531. The minimum atomic E-state index is -3.02. The second-order valence-electron chi connectivity index (χ2n) is 9.53. The summed E-state index contributed by atoms with van der Waals surface area (Å²) in [6.45, 7) is 1.01. The number of para-hydroxylation sites is 1. The average Bonchev–Trinajstić information content (AvgIpc) is 3.58. The van der Waals surface area contributed by atoms with Crippen molar-refractivity contribution in [3.05, 3.63) is 53.3 Å². The van der Waals surface area contributed by atoms with Crippen molar-refractivity contribution < 1.29 is 18.3 Å². The number of alkyl halides is 2. The topological polar surface area (TPSA) is 50.6 Å². The number of amides is 1. The Hall–Kier alpha value is -3.44. The summed E-state index contributed by atoms with van der Waals surface area (Å²) in [5.41, 5.74) is 2.85. The Bertz CT molecular complexity index is 1380. The van der Waals surface area contributed by atoms with Crippen molar-refractivity contribution in [3.63, 3.8) is 0 Å². The Morgan fingerprint density at radius 3 is 2.71 bits per heavy atom. The molecule has 1 saturated heterocycles. The van der Waals surface area contributed by atoms with E-state index in [4.69, 9.17) is 9.72 Å². The summed E-state index contributed by atoms with van der Waals surface area (Å²) in [6.07, 6.45) is 3.23. The van der Waals surface area contributed by atoms with Crippen molar-refractivity contribution >= 4 is 16.9 Å². The number of carbonyl (C=O) groups is 1. The maximum atomic E-state index is 13.3. The molecule has 2 aliphatic heterocycles. The Kier molecular flexibility index (Phi) is 5.26. The molecule has 2 aromatic carbocycles. The average molecular weight is 477 g/mol. The molecule has 8 heteroatoms. The molecule has 1 atom stereocenters. The molecule has 6 nitrogen and oxygen atoms in total. The molecule has 1 aliphatic carbocycles. The number of hydrogen-bond acceptors (Lipinski definition) is 4. The fourth-order valence-electron chi connectivity index (χ4n) is 5.24. The molecule has 0 radical (unpaired) electrons. The third-order valence-corrected chi connectivity index (χ3v) is 7.22. The first kappa shape index (κ1) is 22.1. The molecular weight excluding hydrogens is 450 g/mol. The van der Waals surface area contributed by atoms with Crippen molar-refractivity contribution in [3.8, 4) is 23.3 Å². The van der Waals surface area contributed by atoms with Crippen LogP contribution in [-0.2, 0) is 0 Å². The first-order chi connectivity index (χ1) is 16.9. The molecule has 6 rings (SSSR count). The van der Waals surface area contributed by atoms with Crippen LogP contribution in [0.5, 0.6) is 5.75 Å². The smallest absolute Gasteiger partial charge is 0.387 e. The van der Waals surface area contributed by atoms with Crippen LogP contribution in [0.25, 0.3) is 16.7 Å². The number of ether oxygens (including phenoxy) is 1. The van der Waals surface area contributed by atoms with Gasteiger partial charge in [-0.1, -0.05) is 24.8 Å². The number of hydrogen-bond donors (Lipinski definition) is 0. The molecule has 2 fully saturated rings. The highest BCUT2D eigenvalue weighted by Gasteiger charge is 2.37. The molecule has 1 amide bonds. The van der Waals surface area contributed by atoms with Crippen LogP contribution in [0.15, 0.2) is 36.4 Å². The Morgan fingerprint density at radius 1 is 1.20 bits per heavy atom. The van der Waals surface area contributed by atoms with Crippen LogP contribution in [0.1, 0.15) is 54.0 Å². The van der Waals surface area contributed by atoms with Crippen molar-refractivity contribution in [2.24, 2.45) is 5.92 Å². The number of rotatable bonds is 4. The third kappa shape index (κ3) is 3.75. The molecule has 0 N–H and O–H groups in total. The van der Waals surface area contributed by atoms with E-state index in [-0.39, 0.29) is 17.7 Å². The molecule has 1 unspecified atom stereocenters. The predicted octanol–water partition coefficient (Wildman–Crippen LogP) is 4.61. The van der Waals surface area contributed by atoms with Gasteiger partial charge in [-0.2, -0.15) is 8.78 Å². The summed E-state index contributed by atoms with van der Waals surface area (Å²) in [7, 11) is 1.72. The van der Waals surface area contributed by atoms with Gasteiger partial charge in [-0.05, 0) is 49.6 Å². The van der Waals surface area contributed by atoms with Crippen molar-refractivity contribution in [2.75, 3.05) is 20.1 Å². The maximum absolute atomic E-state index is 13.3. The highest BCUT2D eigenvalue weighted by molar-refractivity contribution is 6.00. The van der Waals surface area contributed by atoms with Crippen LogP contribution in [0, 0.1) is 17.8 Å². The van der Waals surface area contributed by atoms with Gasteiger partial charge in [0, 0.05) is 37.7 Å². The molecule has 35 heavy (non-hydrogen) atoms. The zero-order valence-corrected chi connectivity index (χ0v) is 19.7. The monoisotopic (exact) mass is 476 g/mol. The highest BCUT2D eigenvalue weighted by atomic mass is 19.3. The lowest BCUT2D eigenvalue weighted by Gasteiger charge is -2.36. The third-order valence-electron chi connectivity index (χ3n) is 7.22. The van der Waals surface area contributed by atoms with Gasteiger partial charge < -0.3 is 9.64 Å². The zero-order valence-electron chi connectivity index (χ0n) is 19.7. The van der Waals surface area contributed by atoms with Crippen molar-refractivity contribution in [1.82, 2.24) is 19.4 Å². The van der Waals surface area contributed by atoms with Gasteiger partial charge in [0.25, 0.3) is 5.91 Å². The van der Waals surface area contributed by atoms with E-state index in [2.05, 4.69) is 16.7 Å². The lowest BCUT2D eigenvalue weighted by atomic mass is 10.00. The summed E-state index contributed by atoms with van der Waals surface area (Å²) in [6, 6.07) is 10.9. The molecule has 3 aromatic rings. The maximum Gasteiger partial charge on any atom is 0.387 e. The predicted molar refractivity (Wildman–Crippen MR) is 128 cm³/mol. The number of nitrogens with zero attached hydrogens (tertiary/aromatic N) is 4. The molecule has 180 valence electrons. The number of benzene rings is 2. The second kappa shape index (κ2) is 8.35. The number of carbonyl (C=O) groups excluding carboxylic acids is 1. The van der Waals surface area contributed by atoms with Crippen molar-refractivity contribution in [2.45, 2.75) is 44.9 Å². The zero-order chi connectivity index (χ0) is 24.3. The van der Waals surface area contributed by atoms with Crippen LogP contribution in [0.2, 0.25) is 0 Å². The van der Waals surface area contributed by atoms with Gasteiger partial charge in [0.05, 0.1) is 22.6 Å². The van der Waals surface area contributed by atoms with E-state index in [1.165, 1.54) is 18.9 Å². The number of imidazole rings is 1. The number of halogens is 2. The SMILES string of the molecule is CCC1c2nc3ccc(C#CC4CN(C5CC5)C4)cc3n2-c2c(OC(F)F)cccc2C(=O)N1C. The molecule has 3 aliphatic rings. The van der Waals surface area contributed by atoms with Crippen LogP contribution in [0.4, 0.5) is 8.78 Å². The minimum Gasteiger partial charge on any atom is -0.433 e. The van der Waals surface area contributed by atoms with Crippen LogP contribution in [0.3, 0.4) is 0 Å².